The van der Waals surface area contributed by atoms with Crippen molar-refractivity contribution in [3.05, 3.63) is 35.9 Å². The number of aliphatic hydroxyl groups excluding tert-OH is 1. The fourth-order valence-electron chi connectivity index (χ4n) is 5.51. The Morgan fingerprint density at radius 1 is 0.489 bits per heavy atom. The van der Waals surface area contributed by atoms with E-state index in [0.717, 1.165) is 50.8 Å². The molecule has 544 valence electrons. The van der Waals surface area contributed by atoms with Crippen LogP contribution in [-0.4, -0.2) is 231 Å². The highest BCUT2D eigenvalue weighted by Gasteiger charge is 2.22. The van der Waals surface area contributed by atoms with Gasteiger partial charge < -0.3 is 141 Å². The van der Waals surface area contributed by atoms with Crippen molar-refractivity contribution in [2.75, 3.05) is 19.6 Å². The van der Waals surface area contributed by atoms with Crippen LogP contribution in [0.1, 0.15) is 117 Å². The number of carboxylic acids is 11. The Balaban J connectivity index is -0.000000180. The lowest BCUT2D eigenvalue weighted by Crippen LogP contribution is -2.39. The van der Waals surface area contributed by atoms with Gasteiger partial charge in [0.15, 0.2) is 5.96 Å². The molecule has 2 aliphatic heterocycles. The molecule has 0 bridgehead atoms. The van der Waals surface area contributed by atoms with Crippen molar-refractivity contribution in [2.24, 2.45) is 85.6 Å². The first-order valence-electron chi connectivity index (χ1n) is 28.5. The van der Waals surface area contributed by atoms with Gasteiger partial charge in [0.05, 0.1) is 12.5 Å². The largest absolute Gasteiger partial charge is 0.481 e. The van der Waals surface area contributed by atoms with Gasteiger partial charge in [-0.3, -0.25) is 67.3 Å². The van der Waals surface area contributed by atoms with Gasteiger partial charge in [-0.25, -0.2) is 0 Å². The third kappa shape index (κ3) is 66.1. The molecule has 3 rings (SSSR count). The number of aliphatic hydroxyl groups is 1. The number of hydrogen-bond donors (Lipinski definition) is 26. The predicted molar refractivity (Wildman–Crippen MR) is 337 cm³/mol. The summed E-state index contributed by atoms with van der Waals surface area (Å²) < 4.78 is 0. The first kappa shape index (κ1) is 98.7. The van der Waals surface area contributed by atoms with Crippen LogP contribution in [-0.2, 0) is 68.7 Å². The fourth-order valence-corrected chi connectivity index (χ4v) is 5.51. The molecule has 40 heteroatoms. The van der Waals surface area contributed by atoms with Crippen molar-refractivity contribution in [3.8, 4) is 0 Å². The number of aliphatic carboxylic acids is 11. The first-order valence-corrected chi connectivity index (χ1v) is 28.5. The minimum atomic E-state index is -1.21. The number of benzene rings is 1. The zero-order valence-corrected chi connectivity index (χ0v) is 53.3. The number of carbonyl (C=O) groups is 13. The van der Waals surface area contributed by atoms with Crippen molar-refractivity contribution >= 4 is 83.4 Å². The van der Waals surface area contributed by atoms with Crippen molar-refractivity contribution in [3.63, 3.8) is 0 Å². The minimum Gasteiger partial charge on any atom is -0.481 e. The number of nitrogens with one attached hydrogen (secondary N) is 2. The summed E-state index contributed by atoms with van der Waals surface area (Å²) in [5.74, 6) is -12.1. The van der Waals surface area contributed by atoms with E-state index < -0.39 is 132 Å². The second-order valence-corrected chi connectivity index (χ2v) is 20.4. The normalized spacial score (nSPS) is 16.1. The number of primary amides is 2. The van der Waals surface area contributed by atoms with Crippen LogP contribution in [0.4, 0.5) is 0 Å². The number of rotatable bonds is 28. The number of amides is 2. The van der Waals surface area contributed by atoms with Crippen LogP contribution in [0.3, 0.4) is 0 Å². The van der Waals surface area contributed by atoms with Gasteiger partial charge in [0.25, 0.3) is 0 Å². The van der Waals surface area contributed by atoms with Gasteiger partial charge in [0.2, 0.25) is 11.8 Å². The molecule has 0 radical (unpaired) electrons. The van der Waals surface area contributed by atoms with Crippen molar-refractivity contribution < 1.29 is 124 Å². The summed E-state index contributed by atoms with van der Waals surface area (Å²) in [6.45, 7) is 10.8. The van der Waals surface area contributed by atoms with E-state index in [1.54, 1.807) is 13.8 Å². The lowest BCUT2D eigenvalue weighted by Gasteiger charge is -2.11. The number of aliphatic imine (C=N–C) groups is 1. The van der Waals surface area contributed by atoms with E-state index in [2.05, 4.69) is 21.4 Å². The molecule has 0 spiro atoms. The van der Waals surface area contributed by atoms with Crippen molar-refractivity contribution in [1.29, 1.82) is 0 Å². The number of nitrogens with zero attached hydrogens (tertiary/aromatic N) is 1. The van der Waals surface area contributed by atoms with Crippen LogP contribution in [0.5, 0.6) is 0 Å². The summed E-state index contributed by atoms with van der Waals surface area (Å²) in [4.78, 5) is 135. The van der Waals surface area contributed by atoms with E-state index in [1.807, 2.05) is 44.2 Å². The van der Waals surface area contributed by atoms with Crippen molar-refractivity contribution in [2.45, 2.75) is 185 Å². The molecule has 2 aliphatic rings. The van der Waals surface area contributed by atoms with Gasteiger partial charge in [0.1, 0.15) is 60.4 Å². The Bertz CT molecular complexity index is 2290. The molecule has 1 aromatic carbocycles. The molecule has 0 unspecified atom stereocenters. The molecule has 2 heterocycles. The molecule has 2 saturated heterocycles. The molecule has 12 atom stereocenters. The average molecular weight is 1360 g/mol. The third-order valence-electron chi connectivity index (χ3n) is 11.7. The summed E-state index contributed by atoms with van der Waals surface area (Å²) in [5, 5.41) is 105. The molecular weight excluding hydrogens is 1260 g/mol. The minimum absolute atomic E-state index is 0.0129. The molecule has 94 heavy (non-hydrogen) atoms. The lowest BCUT2D eigenvalue weighted by molar-refractivity contribution is -0.141. The van der Waals surface area contributed by atoms with Gasteiger partial charge in [-0.1, -0.05) is 64.4 Å². The van der Waals surface area contributed by atoms with Gasteiger partial charge >= 0.3 is 65.7 Å². The Kier molecular flexibility index (Phi) is 62.2. The van der Waals surface area contributed by atoms with Crippen LogP contribution in [0.25, 0.3) is 0 Å². The van der Waals surface area contributed by atoms with Crippen LogP contribution in [0, 0.1) is 11.8 Å². The summed E-state index contributed by atoms with van der Waals surface area (Å²) in [6, 6.07) is 1.41. The fraction of sp³-hybridized carbons (Fsp3) is 0.630. The number of guanidine groups is 1. The van der Waals surface area contributed by atoms with E-state index >= 15 is 0 Å². The van der Waals surface area contributed by atoms with Crippen molar-refractivity contribution in [1.82, 2.24) is 10.6 Å². The molecule has 0 aromatic heterocycles. The number of carboxylic acid groups (broad SMARTS) is 11. The number of hydrogen-bond acceptors (Lipinski definition) is 25. The highest BCUT2D eigenvalue weighted by molar-refractivity contribution is 5.83. The SMILES string of the molecule is CC(C)[C@H](N)C(=O)O.CC[C@H](C)[C@H](N)C(=O)O.C[C@@H](O)[C@H](N)C(=O)O.NC(=O)CC[C@H](N)C(=O)O.NC(=O)C[C@H](N)C(=O)O.NC(N)=NCCC[C@H](N)C(=O)O.N[C@@H](CCC(=O)O)C(=O)O.N[C@@H](Cc1ccccc1)C(=O)O.O=C(O)[C@@H]1CCCN1.O=C(O)[C@@H]1CCCN1. The predicted octanol–water partition coefficient (Wildman–Crippen LogP) is -5.78. The zero-order valence-electron chi connectivity index (χ0n) is 53.3. The topological polar surface area (TPSA) is 813 Å². The zero-order chi connectivity index (χ0) is 75.1. The second-order valence-electron chi connectivity index (χ2n) is 20.4. The van der Waals surface area contributed by atoms with Gasteiger partial charge in [-0.15, -0.1) is 0 Å². The quantitative estimate of drug-likeness (QED) is 0.0211. The molecule has 2 fully saturated rings. The van der Waals surface area contributed by atoms with E-state index in [4.69, 9.17) is 124 Å². The monoisotopic (exact) mass is 1360 g/mol. The summed E-state index contributed by atoms with van der Waals surface area (Å²) >= 11 is 0. The maximum absolute atomic E-state index is 10.4. The Morgan fingerprint density at radius 2 is 0.862 bits per heavy atom. The Morgan fingerprint density at radius 3 is 1.07 bits per heavy atom. The smallest absolute Gasteiger partial charge is 0.323 e. The molecule has 2 amide bonds. The standard InChI is InChI=1S/C9H11NO2.C6H14N4O2.C6H13NO2.C5H10N2O3.C5H9NO4.2C5H9NO2.C5H11NO2.C4H8N2O3.C4H9NO3/c10-8(9(11)12)6-7-4-2-1-3-5-7;7-4(5(11)12)2-1-3-10-6(8)9;1-3-4(2)5(7)6(8)9;2*6-3(5(9)10)1-2-4(7)8;2*7-5(8)4-2-1-3-6-4;1-3(2)4(6)5(7)8;5-2(4(8)9)1-3(6)7;1-2(6)3(5)4(7)8/h1-5,8H,6,10H2,(H,11,12);4H,1-3,7H2,(H,11,12)(H4,8,9,10);4-5H,3,7H2,1-2H3,(H,8,9);3H,1-2,6H2,(H2,7,8)(H,9,10);3H,1-2,6H2,(H,7,8)(H,9,10);2*4,6H,1-3H2,(H,7,8);3-4H,6H2,1-2H3,(H,7,8);2H,1,5H2,(H2,6,7)(H,8,9);2-3,6H,5H2,1H3,(H,7,8)/t8-;4-;4-,5-;2*3-;3*4-;2-;2-,3+/m0000000001/s1. The highest BCUT2D eigenvalue weighted by atomic mass is 16.4. The molecule has 1 aromatic rings. The Hall–Kier alpha value is -8.84. The van der Waals surface area contributed by atoms with Gasteiger partial charge in [-0.05, 0) is 95.2 Å². The Labute approximate surface area is 542 Å². The van der Waals surface area contributed by atoms with E-state index in [-0.39, 0.29) is 62.0 Å². The molecule has 0 saturated carbocycles. The molecule has 40 nitrogen and oxygen atoms in total. The summed E-state index contributed by atoms with van der Waals surface area (Å²) in [6.07, 6.45) is 4.33. The van der Waals surface area contributed by atoms with Crippen LogP contribution >= 0.6 is 0 Å². The van der Waals surface area contributed by atoms with E-state index in [1.165, 1.54) is 6.92 Å². The number of nitrogens with two attached hydrogens (primary N) is 12. The average Bonchev–Trinajstić information content (AvgIpc) is 2.33. The first-order chi connectivity index (χ1) is 43.2. The lowest BCUT2D eigenvalue weighted by atomic mass is 10.0. The molecule has 0 aliphatic carbocycles. The van der Waals surface area contributed by atoms with Crippen LogP contribution in [0.15, 0.2) is 35.3 Å². The van der Waals surface area contributed by atoms with Crippen LogP contribution in [0.2, 0.25) is 0 Å². The van der Waals surface area contributed by atoms with E-state index in [0.29, 0.717) is 25.8 Å². The molecule has 38 N–H and O–H groups in total. The second kappa shape index (κ2) is 59.2. The highest BCUT2D eigenvalue weighted by Crippen LogP contribution is 2.06. The maximum atomic E-state index is 10.4. The summed E-state index contributed by atoms with van der Waals surface area (Å²) in [5.41, 5.74) is 61.3. The van der Waals surface area contributed by atoms with Gasteiger partial charge in [-0.2, -0.15) is 0 Å². The van der Waals surface area contributed by atoms with E-state index in [9.17, 15) is 62.3 Å². The third-order valence-corrected chi connectivity index (χ3v) is 11.7. The van der Waals surface area contributed by atoms with Gasteiger partial charge in [0, 0.05) is 19.4 Å². The van der Waals surface area contributed by atoms with Crippen LogP contribution < -0.4 is 79.4 Å². The maximum Gasteiger partial charge on any atom is 0.323 e. The summed E-state index contributed by atoms with van der Waals surface area (Å²) in [7, 11) is 0. The number of carbonyl (C=O) groups excluding carboxylic acids is 2. The molecular formula is C54H103N15O25.